The first-order valence-electron chi connectivity index (χ1n) is 14.3. The lowest BCUT2D eigenvalue weighted by Crippen LogP contribution is -2.39. The molecule has 0 radical (unpaired) electrons. The fourth-order valence-corrected chi connectivity index (χ4v) is 8.21. The van der Waals surface area contributed by atoms with Gasteiger partial charge in [0.25, 0.3) is 0 Å². The zero-order valence-corrected chi connectivity index (χ0v) is 24.5. The minimum atomic E-state index is -0.880. The maximum absolute atomic E-state index is 13.1. The van der Waals surface area contributed by atoms with E-state index in [4.69, 9.17) is 33.2 Å². The molecule has 208 valence electrons. The Morgan fingerprint density at radius 2 is 0.930 bits per heavy atom. The number of benzene rings is 4. The smallest absolute Gasteiger partial charge is 0.222 e. The van der Waals surface area contributed by atoms with E-state index >= 15 is 0 Å². The van der Waals surface area contributed by atoms with Crippen molar-refractivity contribution in [1.82, 2.24) is 9.97 Å². The van der Waals surface area contributed by atoms with Crippen molar-refractivity contribution < 1.29 is 9.59 Å². The third-order valence-corrected chi connectivity index (χ3v) is 9.63. The largest absolute Gasteiger partial charge is 0.281 e. The summed E-state index contributed by atoms with van der Waals surface area (Å²) < 4.78 is 0. The number of rotatable bonds is 6. The van der Waals surface area contributed by atoms with Crippen LogP contribution in [-0.4, -0.2) is 20.5 Å². The van der Waals surface area contributed by atoms with E-state index in [0.717, 1.165) is 66.6 Å². The number of halogens is 2. The van der Waals surface area contributed by atoms with Gasteiger partial charge in [0.05, 0.1) is 22.4 Å². The molecule has 4 aromatic carbocycles. The van der Waals surface area contributed by atoms with Crippen molar-refractivity contribution in [3.8, 4) is 22.5 Å². The molecule has 8 rings (SSSR count). The summed E-state index contributed by atoms with van der Waals surface area (Å²) >= 11 is 12.7. The number of aromatic nitrogens is 2. The van der Waals surface area contributed by atoms with Crippen molar-refractivity contribution in [2.75, 3.05) is 0 Å². The fourth-order valence-electron chi connectivity index (χ4n) is 7.75. The number of para-hydroxylation sites is 2. The highest BCUT2D eigenvalue weighted by Gasteiger charge is 2.55. The van der Waals surface area contributed by atoms with Crippen LogP contribution < -0.4 is 0 Å². The van der Waals surface area contributed by atoms with Gasteiger partial charge in [-0.2, -0.15) is 0 Å². The van der Waals surface area contributed by atoms with Gasteiger partial charge in [0.1, 0.15) is 0 Å². The number of carbonyl (C=O) groups excluding carboxylic acids is 2. The van der Waals surface area contributed by atoms with Gasteiger partial charge in [-0.15, -0.1) is 0 Å². The Hall–Kier alpha value is -4.38. The highest BCUT2D eigenvalue weighted by Crippen LogP contribution is 2.62. The molecule has 0 fully saturated rings. The van der Waals surface area contributed by atoms with Crippen LogP contribution in [0.25, 0.3) is 44.3 Å². The summed E-state index contributed by atoms with van der Waals surface area (Å²) in [6.07, 6.45) is 0.454. The van der Waals surface area contributed by atoms with Gasteiger partial charge < -0.3 is 0 Å². The van der Waals surface area contributed by atoms with Gasteiger partial charge in [-0.1, -0.05) is 84.9 Å². The van der Waals surface area contributed by atoms with Crippen molar-refractivity contribution in [3.63, 3.8) is 0 Å². The molecule has 0 aliphatic heterocycles. The van der Waals surface area contributed by atoms with Gasteiger partial charge in [0, 0.05) is 45.6 Å². The number of nitrogens with zero attached hydrogens (tertiary/aromatic N) is 2. The van der Waals surface area contributed by atoms with Crippen molar-refractivity contribution in [1.29, 1.82) is 0 Å². The lowest BCUT2D eigenvalue weighted by Gasteiger charge is -2.41. The predicted molar refractivity (Wildman–Crippen MR) is 171 cm³/mol. The molecule has 2 heterocycles. The summed E-state index contributed by atoms with van der Waals surface area (Å²) in [6, 6.07) is 36.5. The Balaban J connectivity index is 1.48. The van der Waals surface area contributed by atoms with E-state index in [1.807, 2.05) is 72.8 Å². The monoisotopic (exact) mass is 598 g/mol. The molecule has 4 nitrogen and oxygen atoms in total. The van der Waals surface area contributed by atoms with Crippen LogP contribution in [-0.2, 0) is 20.4 Å². The average molecular weight is 600 g/mol. The summed E-state index contributed by atoms with van der Waals surface area (Å²) in [5, 5.41) is 1.04. The lowest BCUT2D eigenvalue weighted by molar-refractivity contribution is -0.112. The molecule has 2 atom stereocenters. The van der Waals surface area contributed by atoms with Crippen LogP contribution >= 0.6 is 23.2 Å². The molecular weight excluding hydrogens is 575 g/mol. The van der Waals surface area contributed by atoms with Gasteiger partial charge in [-0.3, -0.25) is 9.59 Å². The molecular formula is C37H24Cl2N2O2. The van der Waals surface area contributed by atoms with Crippen molar-refractivity contribution in [2.24, 2.45) is 0 Å². The first-order valence-corrected chi connectivity index (χ1v) is 15.0. The maximum atomic E-state index is 13.1. The number of carbonyl (C=O) groups is 2. The molecule has 6 heteroatoms. The van der Waals surface area contributed by atoms with Gasteiger partial charge in [0.15, 0.2) is 0 Å². The molecule has 0 amide bonds. The van der Waals surface area contributed by atoms with Crippen LogP contribution in [0.3, 0.4) is 0 Å². The SMILES string of the molecule is O=C(Cl)CC1(CC2(CC(=O)Cl)c3ccccc3-c3nc4ccccc4cc32)c2ccccc2-c2nc3ccccc3cc21. The highest BCUT2D eigenvalue weighted by molar-refractivity contribution is 6.64. The second-order valence-electron chi connectivity index (χ2n) is 11.7. The topological polar surface area (TPSA) is 59.9 Å². The maximum Gasteiger partial charge on any atom is 0.222 e. The van der Waals surface area contributed by atoms with Crippen molar-refractivity contribution in [2.45, 2.75) is 30.1 Å². The van der Waals surface area contributed by atoms with E-state index in [1.165, 1.54) is 0 Å². The second kappa shape index (κ2) is 9.57. The summed E-state index contributed by atoms with van der Waals surface area (Å²) in [5.74, 6) is 0. The van der Waals surface area contributed by atoms with E-state index in [-0.39, 0.29) is 12.8 Å². The molecule has 2 aliphatic rings. The molecule has 0 saturated heterocycles. The molecule has 2 aromatic heterocycles. The Kier molecular flexibility index (Phi) is 5.84. The lowest BCUT2D eigenvalue weighted by atomic mass is 9.60. The molecule has 0 spiro atoms. The molecule has 0 saturated carbocycles. The third-order valence-electron chi connectivity index (χ3n) is 9.36. The van der Waals surface area contributed by atoms with E-state index in [2.05, 4.69) is 36.4 Å². The van der Waals surface area contributed by atoms with Crippen molar-refractivity contribution in [3.05, 3.63) is 131 Å². The van der Waals surface area contributed by atoms with Crippen LogP contribution in [0.4, 0.5) is 0 Å². The zero-order chi connectivity index (χ0) is 29.3. The first-order chi connectivity index (χ1) is 20.9. The summed E-state index contributed by atoms with van der Waals surface area (Å²) in [7, 11) is 0. The van der Waals surface area contributed by atoms with Gasteiger partial charge in [-0.25, -0.2) is 9.97 Å². The van der Waals surface area contributed by atoms with Gasteiger partial charge in [-0.05, 0) is 76.1 Å². The Morgan fingerprint density at radius 1 is 0.535 bits per heavy atom. The number of fused-ring (bicyclic) bond motifs is 8. The Bertz CT molecular complexity index is 2010. The molecule has 0 bridgehead atoms. The number of pyridine rings is 2. The predicted octanol–water partition coefficient (Wildman–Crippen LogP) is 8.72. The summed E-state index contributed by atoms with van der Waals surface area (Å²) in [5.41, 5.74) is 7.42. The van der Waals surface area contributed by atoms with Crippen LogP contribution in [0.5, 0.6) is 0 Å². The van der Waals surface area contributed by atoms with E-state index in [9.17, 15) is 9.59 Å². The normalized spacial score (nSPS) is 19.6. The zero-order valence-electron chi connectivity index (χ0n) is 23.0. The van der Waals surface area contributed by atoms with Crippen molar-refractivity contribution >= 4 is 55.5 Å². The molecule has 2 unspecified atom stereocenters. The quantitative estimate of drug-likeness (QED) is 0.180. The number of hydrogen-bond donors (Lipinski definition) is 0. The second-order valence-corrected chi connectivity index (χ2v) is 12.5. The van der Waals surface area contributed by atoms with Crippen LogP contribution in [0.1, 0.15) is 41.5 Å². The highest BCUT2D eigenvalue weighted by atomic mass is 35.5. The number of hydrogen-bond acceptors (Lipinski definition) is 4. The van der Waals surface area contributed by atoms with E-state index in [0.29, 0.717) is 6.42 Å². The summed E-state index contributed by atoms with van der Waals surface area (Å²) in [6.45, 7) is 0. The molecule has 2 aliphatic carbocycles. The van der Waals surface area contributed by atoms with Gasteiger partial charge >= 0.3 is 0 Å². The average Bonchev–Trinajstić information content (AvgIpc) is 3.40. The first kappa shape index (κ1) is 26.3. The Morgan fingerprint density at radius 3 is 1.37 bits per heavy atom. The van der Waals surface area contributed by atoms with Crippen LogP contribution in [0.15, 0.2) is 109 Å². The molecule has 0 N–H and O–H groups in total. The van der Waals surface area contributed by atoms with Gasteiger partial charge in [0.2, 0.25) is 10.5 Å². The van der Waals surface area contributed by atoms with E-state index < -0.39 is 21.3 Å². The third kappa shape index (κ3) is 3.83. The van der Waals surface area contributed by atoms with Crippen LogP contribution in [0, 0.1) is 0 Å². The fraction of sp³-hybridized carbons (Fsp3) is 0.135. The minimum Gasteiger partial charge on any atom is -0.281 e. The minimum absolute atomic E-state index is 0.0370. The Labute approximate surface area is 258 Å². The van der Waals surface area contributed by atoms with Crippen LogP contribution in [0.2, 0.25) is 0 Å². The summed E-state index contributed by atoms with van der Waals surface area (Å²) in [4.78, 5) is 36.4. The molecule has 6 aromatic rings. The standard InChI is InChI=1S/C37H24Cl2N2O2/c38-32(42)19-36(26-13-5-3-11-24(26)34-28(36)17-22-9-1-7-15-30(22)40-34)21-37(20-33(39)43)27-14-6-4-12-25(27)35-29(37)18-23-10-2-8-16-31(23)41-35/h1-18H,19-21H2. The molecule has 43 heavy (non-hydrogen) atoms. The van der Waals surface area contributed by atoms with E-state index in [1.54, 1.807) is 0 Å².